The van der Waals surface area contributed by atoms with Gasteiger partial charge in [0.1, 0.15) is 6.04 Å². The molecule has 3 aliphatic heterocycles. The normalized spacial score (nSPS) is 23.0. The molecule has 9 nitrogen and oxygen atoms in total. The number of imide groups is 2. The highest BCUT2D eigenvalue weighted by molar-refractivity contribution is 6.23. The van der Waals surface area contributed by atoms with E-state index >= 15 is 0 Å². The highest BCUT2D eigenvalue weighted by Gasteiger charge is 2.45. The molecule has 1 aromatic carbocycles. The van der Waals surface area contributed by atoms with Crippen LogP contribution in [0.25, 0.3) is 0 Å². The van der Waals surface area contributed by atoms with E-state index < -0.39 is 41.6 Å². The van der Waals surface area contributed by atoms with E-state index in [4.69, 9.17) is 5.11 Å². The lowest BCUT2D eigenvalue weighted by Crippen LogP contribution is -2.54. The number of nitrogens with zero attached hydrogens (tertiary/aromatic N) is 2. The summed E-state index contributed by atoms with van der Waals surface area (Å²) in [5, 5.41) is 11.1. The molecule has 9 heteroatoms. The Balaban J connectivity index is 1.58. The van der Waals surface area contributed by atoms with Crippen LogP contribution in [0.15, 0.2) is 18.2 Å². The van der Waals surface area contributed by atoms with Gasteiger partial charge in [-0.3, -0.25) is 34.2 Å². The van der Waals surface area contributed by atoms with Crippen molar-refractivity contribution in [3.8, 4) is 0 Å². The first-order valence-electron chi connectivity index (χ1n) is 8.20. The maximum atomic E-state index is 12.7. The number of carboxylic acids is 1. The molecule has 134 valence electrons. The average Bonchev–Trinajstić information content (AvgIpc) is 2.78. The number of fused-ring (bicyclic) bond motifs is 1. The number of hydrogen-bond acceptors (Lipinski definition) is 6. The van der Waals surface area contributed by atoms with Crippen LogP contribution < -0.4 is 10.2 Å². The van der Waals surface area contributed by atoms with Crippen molar-refractivity contribution in [2.45, 2.75) is 18.9 Å². The molecular weight excluding hydrogens is 342 g/mol. The fourth-order valence-corrected chi connectivity index (χ4v) is 3.50. The summed E-state index contributed by atoms with van der Waals surface area (Å²) in [6, 6.07) is 3.74. The molecule has 1 atom stereocenters. The summed E-state index contributed by atoms with van der Waals surface area (Å²) in [6.45, 7) is 0.681. The molecule has 0 saturated carbocycles. The lowest BCUT2D eigenvalue weighted by Gasteiger charge is -2.38. The van der Waals surface area contributed by atoms with Crippen molar-refractivity contribution in [2.24, 2.45) is 5.92 Å². The van der Waals surface area contributed by atoms with Crippen molar-refractivity contribution in [1.82, 2.24) is 10.2 Å². The van der Waals surface area contributed by atoms with Gasteiger partial charge in [-0.25, -0.2) is 0 Å². The summed E-state index contributed by atoms with van der Waals surface area (Å²) in [5.41, 5.74) is 1.06. The smallest absolute Gasteiger partial charge is 0.310 e. The molecule has 26 heavy (non-hydrogen) atoms. The Kier molecular flexibility index (Phi) is 3.53. The average molecular weight is 357 g/mol. The first-order valence-corrected chi connectivity index (χ1v) is 8.20. The fourth-order valence-electron chi connectivity index (χ4n) is 3.50. The van der Waals surface area contributed by atoms with E-state index in [0.29, 0.717) is 18.8 Å². The Morgan fingerprint density at radius 2 is 1.77 bits per heavy atom. The van der Waals surface area contributed by atoms with Crippen molar-refractivity contribution in [1.29, 1.82) is 0 Å². The van der Waals surface area contributed by atoms with Gasteiger partial charge in [0.2, 0.25) is 11.8 Å². The summed E-state index contributed by atoms with van der Waals surface area (Å²) in [5.74, 6) is -3.51. The van der Waals surface area contributed by atoms with Crippen LogP contribution in [-0.2, 0) is 14.4 Å². The number of aliphatic carboxylic acids is 1. The van der Waals surface area contributed by atoms with Gasteiger partial charge in [-0.15, -0.1) is 0 Å². The molecule has 2 saturated heterocycles. The van der Waals surface area contributed by atoms with E-state index in [1.165, 1.54) is 6.07 Å². The van der Waals surface area contributed by atoms with Crippen LogP contribution in [-0.4, -0.2) is 58.7 Å². The number of benzene rings is 1. The Morgan fingerprint density at radius 3 is 2.42 bits per heavy atom. The maximum Gasteiger partial charge on any atom is 0.310 e. The highest BCUT2D eigenvalue weighted by atomic mass is 16.4. The molecule has 4 amide bonds. The lowest BCUT2D eigenvalue weighted by molar-refractivity contribution is -0.142. The van der Waals surface area contributed by atoms with Crippen LogP contribution >= 0.6 is 0 Å². The summed E-state index contributed by atoms with van der Waals surface area (Å²) in [7, 11) is 0. The Labute approximate surface area is 147 Å². The predicted molar refractivity (Wildman–Crippen MR) is 86.5 cm³/mol. The van der Waals surface area contributed by atoms with Crippen molar-refractivity contribution in [3.63, 3.8) is 0 Å². The van der Waals surface area contributed by atoms with E-state index in [1.807, 2.05) is 4.90 Å². The van der Waals surface area contributed by atoms with Crippen molar-refractivity contribution < 1.29 is 29.1 Å². The number of piperidine rings is 1. The largest absolute Gasteiger partial charge is 0.481 e. The van der Waals surface area contributed by atoms with Crippen molar-refractivity contribution >= 4 is 35.3 Å². The number of carbonyl (C=O) groups excluding carboxylic acids is 4. The minimum Gasteiger partial charge on any atom is -0.481 e. The van der Waals surface area contributed by atoms with E-state index in [-0.39, 0.29) is 24.0 Å². The zero-order valence-corrected chi connectivity index (χ0v) is 13.6. The Morgan fingerprint density at radius 1 is 1.08 bits per heavy atom. The number of hydrogen-bond donors (Lipinski definition) is 2. The zero-order chi connectivity index (χ0) is 18.6. The molecule has 1 unspecified atom stereocenters. The van der Waals surface area contributed by atoms with E-state index in [2.05, 4.69) is 5.32 Å². The molecule has 3 aliphatic rings. The number of rotatable bonds is 3. The quantitative estimate of drug-likeness (QED) is 0.706. The van der Waals surface area contributed by atoms with Crippen molar-refractivity contribution in [2.75, 3.05) is 18.0 Å². The first kappa shape index (κ1) is 16.2. The molecule has 3 heterocycles. The number of carboxylic acid groups (broad SMARTS) is 1. The lowest BCUT2D eigenvalue weighted by atomic mass is 9.98. The van der Waals surface area contributed by atoms with E-state index in [0.717, 1.165) is 4.90 Å². The molecule has 0 spiro atoms. The Hall–Kier alpha value is -3.23. The number of amides is 4. The predicted octanol–water partition coefficient (Wildman–Crippen LogP) is -0.391. The van der Waals surface area contributed by atoms with Gasteiger partial charge < -0.3 is 10.0 Å². The van der Waals surface area contributed by atoms with Gasteiger partial charge in [-0.1, -0.05) is 0 Å². The van der Waals surface area contributed by atoms with Gasteiger partial charge in [-0.05, 0) is 24.6 Å². The van der Waals surface area contributed by atoms with Crippen molar-refractivity contribution in [3.05, 3.63) is 29.3 Å². The second kappa shape index (κ2) is 5.65. The van der Waals surface area contributed by atoms with Crippen LogP contribution in [0.3, 0.4) is 0 Å². The molecular formula is C17H15N3O6. The second-order valence-electron chi connectivity index (χ2n) is 6.62. The SMILES string of the molecule is O=C1CCC(N2C(=O)c3ccc(N4CC(C(=O)O)C4)cc3C2=O)C(=O)N1. The fraction of sp³-hybridized carbons (Fsp3) is 0.353. The monoisotopic (exact) mass is 357 g/mol. The molecule has 0 aromatic heterocycles. The minimum atomic E-state index is -0.996. The summed E-state index contributed by atoms with van der Waals surface area (Å²) in [6.07, 6.45) is 0.175. The third-order valence-corrected chi connectivity index (χ3v) is 5.02. The molecule has 0 aliphatic carbocycles. The highest BCUT2D eigenvalue weighted by Crippen LogP contribution is 2.32. The van der Waals surface area contributed by atoms with Crippen LogP contribution in [0, 0.1) is 5.92 Å². The molecule has 0 radical (unpaired) electrons. The van der Waals surface area contributed by atoms with Crippen LogP contribution in [0.5, 0.6) is 0 Å². The van der Waals surface area contributed by atoms with Gasteiger partial charge >= 0.3 is 5.97 Å². The summed E-state index contributed by atoms with van der Waals surface area (Å²) >= 11 is 0. The van der Waals surface area contributed by atoms with E-state index in [1.54, 1.807) is 12.1 Å². The molecule has 2 fully saturated rings. The summed E-state index contributed by atoms with van der Waals surface area (Å²) in [4.78, 5) is 62.2. The standard InChI is InChI=1S/C17H15N3O6/c21-13-4-3-12(14(22)18-13)20-15(23)10-2-1-9(5-11(10)16(20)24)19-6-8(7-19)17(25)26/h1-2,5,8,12H,3-4,6-7H2,(H,25,26)(H,18,21,22). The molecule has 0 bridgehead atoms. The third-order valence-electron chi connectivity index (χ3n) is 5.02. The van der Waals surface area contributed by atoms with E-state index in [9.17, 15) is 24.0 Å². The van der Waals surface area contributed by atoms with Crippen LogP contribution in [0.4, 0.5) is 5.69 Å². The van der Waals surface area contributed by atoms with Gasteiger partial charge in [-0.2, -0.15) is 0 Å². The van der Waals surface area contributed by atoms with Gasteiger partial charge in [0.15, 0.2) is 0 Å². The molecule has 4 rings (SSSR count). The van der Waals surface area contributed by atoms with Gasteiger partial charge in [0.05, 0.1) is 17.0 Å². The number of carbonyl (C=O) groups is 5. The maximum absolute atomic E-state index is 12.7. The van der Waals surface area contributed by atoms with Crippen LogP contribution in [0.1, 0.15) is 33.6 Å². The second-order valence-corrected chi connectivity index (χ2v) is 6.62. The Bertz CT molecular complexity index is 873. The summed E-state index contributed by atoms with van der Waals surface area (Å²) < 4.78 is 0. The third kappa shape index (κ3) is 2.35. The van der Waals surface area contributed by atoms with Gasteiger partial charge in [0.25, 0.3) is 11.8 Å². The number of anilines is 1. The number of nitrogens with one attached hydrogen (secondary N) is 1. The topological polar surface area (TPSA) is 124 Å². The molecule has 2 N–H and O–H groups in total. The first-order chi connectivity index (χ1) is 12.4. The molecule has 1 aromatic rings. The zero-order valence-electron chi connectivity index (χ0n) is 13.6. The van der Waals surface area contributed by atoms with Crippen LogP contribution in [0.2, 0.25) is 0 Å². The van der Waals surface area contributed by atoms with Gasteiger partial charge in [0, 0.05) is 25.2 Å². The minimum absolute atomic E-state index is 0.0689.